The number of nitrogens with zero attached hydrogens (tertiary/aromatic N) is 3. The predicted molar refractivity (Wildman–Crippen MR) is 116 cm³/mol. The van der Waals surface area contributed by atoms with Crippen LogP contribution in [0.2, 0.25) is 0 Å². The highest BCUT2D eigenvalue weighted by Gasteiger charge is 2.13. The second-order valence-corrected chi connectivity index (χ2v) is 7.93. The van der Waals surface area contributed by atoms with Crippen LogP contribution < -0.4 is 10.1 Å². The van der Waals surface area contributed by atoms with Crippen molar-refractivity contribution in [2.45, 2.75) is 11.8 Å². The van der Waals surface area contributed by atoms with Gasteiger partial charge in [0.2, 0.25) is 0 Å². The Labute approximate surface area is 171 Å². The molecule has 0 saturated heterocycles. The number of aromatic nitrogens is 3. The molecule has 29 heavy (non-hydrogen) atoms. The molecule has 0 aliphatic heterocycles. The molecule has 6 nitrogen and oxygen atoms in total. The summed E-state index contributed by atoms with van der Waals surface area (Å²) in [5.41, 5.74) is 6.14. The van der Waals surface area contributed by atoms with Crippen molar-refractivity contribution in [3.63, 3.8) is 0 Å². The molecule has 1 unspecified atom stereocenters. The lowest BCUT2D eigenvalue weighted by molar-refractivity contribution is 0.415. The van der Waals surface area contributed by atoms with E-state index in [4.69, 9.17) is 4.74 Å². The Hall–Kier alpha value is -3.32. The topological polar surface area (TPSA) is 77.0 Å². The van der Waals surface area contributed by atoms with Gasteiger partial charge < -0.3 is 10.1 Å². The van der Waals surface area contributed by atoms with Gasteiger partial charge in [-0.15, -0.1) is 0 Å². The quantitative estimate of drug-likeness (QED) is 0.528. The maximum atomic E-state index is 12.1. The molecular weight excluding hydrogens is 384 g/mol. The van der Waals surface area contributed by atoms with Crippen LogP contribution in [0.1, 0.15) is 5.56 Å². The number of aryl methyl sites for hydroxylation is 1. The molecule has 1 atom stereocenters. The summed E-state index contributed by atoms with van der Waals surface area (Å²) in [7, 11) is 0.514. The Kier molecular flexibility index (Phi) is 5.22. The maximum absolute atomic E-state index is 12.1. The molecule has 1 N–H and O–H groups in total. The van der Waals surface area contributed by atoms with E-state index in [0.29, 0.717) is 10.6 Å². The zero-order valence-corrected chi connectivity index (χ0v) is 17.2. The van der Waals surface area contributed by atoms with Gasteiger partial charge in [-0.2, -0.15) is 0 Å². The Morgan fingerprint density at radius 2 is 1.83 bits per heavy atom. The number of hydrogen-bond donors (Lipinski definition) is 1. The molecule has 2 aromatic heterocycles. The van der Waals surface area contributed by atoms with Gasteiger partial charge >= 0.3 is 0 Å². The molecule has 0 spiro atoms. The van der Waals surface area contributed by atoms with E-state index in [-0.39, 0.29) is 0 Å². The van der Waals surface area contributed by atoms with Gasteiger partial charge in [-0.3, -0.25) is 19.2 Å². The van der Waals surface area contributed by atoms with Crippen molar-refractivity contribution in [3.05, 3.63) is 66.7 Å². The lowest BCUT2D eigenvalue weighted by Gasteiger charge is -2.15. The standard InChI is InChI=1S/C22H20N4O2S/c1-14-4-5-16(28-2)12-17(14)18-10-15(11-19-22(18)25-9-8-24-19)26-20-13-23-7-6-21(20)29(3)27/h4-13,26H,1-3H3. The smallest absolute Gasteiger partial charge is 0.119 e. The lowest BCUT2D eigenvalue weighted by Crippen LogP contribution is -2.00. The number of methoxy groups -OCH3 is 1. The van der Waals surface area contributed by atoms with E-state index in [1.165, 1.54) is 0 Å². The van der Waals surface area contributed by atoms with Gasteiger partial charge in [-0.1, -0.05) is 6.07 Å². The molecule has 7 heteroatoms. The molecule has 0 saturated carbocycles. The van der Waals surface area contributed by atoms with E-state index >= 15 is 0 Å². The molecule has 0 aliphatic carbocycles. The highest BCUT2D eigenvalue weighted by atomic mass is 32.2. The summed E-state index contributed by atoms with van der Waals surface area (Å²) in [5, 5.41) is 3.35. The largest absolute Gasteiger partial charge is 0.497 e. The average molecular weight is 404 g/mol. The molecule has 2 aromatic carbocycles. The van der Waals surface area contributed by atoms with Crippen molar-refractivity contribution in [3.8, 4) is 16.9 Å². The van der Waals surface area contributed by atoms with Gasteiger partial charge in [0, 0.05) is 36.1 Å². The SMILES string of the molecule is COc1ccc(C)c(-c2cc(Nc3cnccc3S(C)=O)cc3nccnc23)c1. The summed E-state index contributed by atoms with van der Waals surface area (Å²) in [6.07, 6.45) is 8.32. The Bertz CT molecular complexity index is 1230. The maximum Gasteiger partial charge on any atom is 0.119 e. The second kappa shape index (κ2) is 7.97. The van der Waals surface area contributed by atoms with Crippen molar-refractivity contribution in [1.82, 2.24) is 15.0 Å². The number of anilines is 2. The number of nitrogens with one attached hydrogen (secondary N) is 1. The van der Waals surface area contributed by atoms with Crippen molar-refractivity contribution in [1.29, 1.82) is 0 Å². The van der Waals surface area contributed by atoms with E-state index in [1.807, 2.05) is 30.3 Å². The van der Waals surface area contributed by atoms with E-state index in [0.717, 1.165) is 39.2 Å². The highest BCUT2D eigenvalue weighted by Crippen LogP contribution is 2.35. The number of pyridine rings is 1. The van der Waals surface area contributed by atoms with Gasteiger partial charge in [-0.25, -0.2) is 0 Å². The first-order valence-electron chi connectivity index (χ1n) is 9.01. The number of fused-ring (bicyclic) bond motifs is 1. The molecule has 0 aliphatic rings. The highest BCUT2D eigenvalue weighted by molar-refractivity contribution is 7.84. The molecule has 0 amide bonds. The lowest BCUT2D eigenvalue weighted by atomic mass is 9.98. The zero-order chi connectivity index (χ0) is 20.4. The van der Waals surface area contributed by atoms with Crippen LogP contribution in [0, 0.1) is 6.92 Å². The van der Waals surface area contributed by atoms with E-state index in [2.05, 4.69) is 27.2 Å². The molecule has 4 aromatic rings. The molecule has 0 fully saturated rings. The Morgan fingerprint density at radius 1 is 1.00 bits per heavy atom. The third kappa shape index (κ3) is 3.82. The van der Waals surface area contributed by atoms with Crippen LogP contribution in [-0.4, -0.2) is 32.5 Å². The monoisotopic (exact) mass is 404 g/mol. The second-order valence-electron chi connectivity index (χ2n) is 6.58. The van der Waals surface area contributed by atoms with Crippen molar-refractivity contribution >= 4 is 33.2 Å². The van der Waals surface area contributed by atoms with Crippen LogP contribution in [-0.2, 0) is 10.8 Å². The first-order valence-corrected chi connectivity index (χ1v) is 10.6. The van der Waals surface area contributed by atoms with Crippen LogP contribution in [0.5, 0.6) is 5.75 Å². The van der Waals surface area contributed by atoms with Crippen molar-refractivity contribution in [2.75, 3.05) is 18.7 Å². The summed E-state index contributed by atoms with van der Waals surface area (Å²) >= 11 is 0. The van der Waals surface area contributed by atoms with Crippen LogP contribution in [0.25, 0.3) is 22.2 Å². The minimum absolute atomic E-state index is 0.693. The average Bonchev–Trinajstić information content (AvgIpc) is 2.74. The Morgan fingerprint density at radius 3 is 2.62 bits per heavy atom. The number of rotatable bonds is 5. The number of benzene rings is 2. The van der Waals surface area contributed by atoms with Crippen LogP contribution in [0.3, 0.4) is 0 Å². The molecule has 0 bridgehead atoms. The molecule has 2 heterocycles. The fourth-order valence-electron chi connectivity index (χ4n) is 3.25. The van der Waals surface area contributed by atoms with Gasteiger partial charge in [0.25, 0.3) is 0 Å². The minimum atomic E-state index is -1.14. The van der Waals surface area contributed by atoms with E-state index in [1.54, 1.807) is 44.2 Å². The summed E-state index contributed by atoms with van der Waals surface area (Å²) in [6.45, 7) is 2.05. The molecular formula is C22H20N4O2S. The van der Waals surface area contributed by atoms with Crippen LogP contribution in [0.4, 0.5) is 11.4 Å². The summed E-state index contributed by atoms with van der Waals surface area (Å²) in [5.74, 6) is 0.775. The first-order chi connectivity index (χ1) is 14.1. The number of hydrogen-bond acceptors (Lipinski definition) is 6. The summed E-state index contributed by atoms with van der Waals surface area (Å²) in [4.78, 5) is 13.9. The number of ether oxygens (including phenoxy) is 1. The Balaban J connectivity index is 1.90. The van der Waals surface area contributed by atoms with Gasteiger partial charge in [0.1, 0.15) is 5.75 Å². The summed E-state index contributed by atoms with van der Waals surface area (Å²) in [6, 6.07) is 11.7. The van der Waals surface area contributed by atoms with E-state index < -0.39 is 10.8 Å². The molecule has 146 valence electrons. The molecule has 4 rings (SSSR count). The minimum Gasteiger partial charge on any atom is -0.497 e. The van der Waals surface area contributed by atoms with Crippen molar-refractivity contribution < 1.29 is 8.95 Å². The molecule has 0 radical (unpaired) electrons. The zero-order valence-electron chi connectivity index (χ0n) is 16.3. The van der Waals surface area contributed by atoms with Gasteiger partial charge in [0.15, 0.2) is 0 Å². The van der Waals surface area contributed by atoms with Crippen molar-refractivity contribution in [2.24, 2.45) is 0 Å². The predicted octanol–water partition coefficient (Wildman–Crippen LogP) is 4.49. The van der Waals surface area contributed by atoms with Crippen LogP contribution in [0.15, 0.2) is 66.1 Å². The fourth-order valence-corrected chi connectivity index (χ4v) is 3.92. The first kappa shape index (κ1) is 19.0. The van der Waals surface area contributed by atoms with E-state index in [9.17, 15) is 4.21 Å². The normalized spacial score (nSPS) is 12.0. The summed E-state index contributed by atoms with van der Waals surface area (Å²) < 4.78 is 17.5. The third-order valence-corrected chi connectivity index (χ3v) is 5.65. The van der Waals surface area contributed by atoms with Gasteiger partial charge in [0.05, 0.1) is 45.7 Å². The third-order valence-electron chi connectivity index (χ3n) is 4.68. The van der Waals surface area contributed by atoms with Gasteiger partial charge in [-0.05, 0) is 48.4 Å². The van der Waals surface area contributed by atoms with Crippen LogP contribution >= 0.6 is 0 Å². The fraction of sp³-hybridized carbons (Fsp3) is 0.136.